The Labute approximate surface area is 149 Å². The van der Waals surface area contributed by atoms with Crippen molar-refractivity contribution in [2.75, 3.05) is 6.54 Å². The summed E-state index contributed by atoms with van der Waals surface area (Å²) in [5.74, 6) is 0. The minimum Gasteiger partial charge on any atom is -0.306 e. The summed E-state index contributed by atoms with van der Waals surface area (Å²) in [6.07, 6.45) is 1.12. The second-order valence-corrected chi connectivity index (χ2v) is 9.39. The first-order valence-corrected chi connectivity index (χ1v) is 9.66. The normalized spacial score (nSPS) is 12.7. The lowest BCUT2D eigenvalue weighted by atomic mass is 9.99. The second kappa shape index (κ2) is 7.54. The molecule has 1 aromatic heterocycles. The Kier molecular flexibility index (Phi) is 6.29. The summed E-state index contributed by atoms with van der Waals surface area (Å²) in [7, 11) is 0. The molecule has 1 unspecified atom stereocenters. The smallest absolute Gasteiger partial charge is 0.0761 e. The van der Waals surface area contributed by atoms with E-state index in [2.05, 4.69) is 91.2 Å². The minimum atomic E-state index is 0.211. The largest absolute Gasteiger partial charge is 0.306 e. The predicted octanol–water partition coefficient (Wildman–Crippen LogP) is 6.43. The molecule has 1 nitrogen and oxygen atoms in total. The lowest BCUT2D eigenvalue weighted by Gasteiger charge is -2.20. The van der Waals surface area contributed by atoms with Gasteiger partial charge >= 0.3 is 0 Å². The van der Waals surface area contributed by atoms with Gasteiger partial charge in [0, 0.05) is 4.47 Å². The van der Waals surface area contributed by atoms with Crippen LogP contribution in [0.25, 0.3) is 0 Å². The highest BCUT2D eigenvalue weighted by molar-refractivity contribution is 9.12. The molecule has 1 N–H and O–H groups in total. The summed E-state index contributed by atoms with van der Waals surface area (Å²) in [4.78, 5) is 0. The van der Waals surface area contributed by atoms with Gasteiger partial charge in [-0.2, -0.15) is 0 Å². The van der Waals surface area contributed by atoms with E-state index in [1.165, 1.54) is 20.5 Å². The van der Waals surface area contributed by atoms with Gasteiger partial charge < -0.3 is 5.32 Å². The van der Waals surface area contributed by atoms with Gasteiger partial charge in [-0.1, -0.05) is 28.9 Å². The van der Waals surface area contributed by atoms with E-state index in [1.807, 2.05) is 0 Å². The van der Waals surface area contributed by atoms with Crippen LogP contribution < -0.4 is 5.32 Å². The van der Waals surface area contributed by atoms with Crippen molar-refractivity contribution in [1.29, 1.82) is 0 Å². The number of aryl methyl sites for hydroxylation is 1. The molecule has 0 radical (unpaired) electrons. The molecular weight excluding hydrogens is 466 g/mol. The van der Waals surface area contributed by atoms with Crippen LogP contribution in [-0.4, -0.2) is 6.54 Å². The molecule has 0 bridgehead atoms. The molecule has 1 atom stereocenters. The Morgan fingerprint density at radius 3 is 2.45 bits per heavy atom. The van der Waals surface area contributed by atoms with Crippen LogP contribution >= 0.6 is 59.1 Å². The molecule has 0 spiro atoms. The van der Waals surface area contributed by atoms with Crippen LogP contribution in [0.15, 0.2) is 36.3 Å². The van der Waals surface area contributed by atoms with Gasteiger partial charge in [0.15, 0.2) is 0 Å². The van der Waals surface area contributed by atoms with Gasteiger partial charge in [0.25, 0.3) is 0 Å². The van der Waals surface area contributed by atoms with Crippen molar-refractivity contribution < 1.29 is 0 Å². The Hall–Kier alpha value is 0.320. The quantitative estimate of drug-likeness (QED) is 0.518. The van der Waals surface area contributed by atoms with Gasteiger partial charge in [0.1, 0.15) is 0 Å². The molecule has 0 fully saturated rings. The standard InChI is InChI=1S/C15H16Br3NS/c1-3-4-19-14(12-8-13(17)20-15(12)18)10-5-9(2)6-11(16)7-10/h5-8,14,19H,3-4H2,1-2H3. The van der Waals surface area contributed by atoms with Crippen LogP contribution in [0.2, 0.25) is 0 Å². The van der Waals surface area contributed by atoms with Crippen LogP contribution in [0.1, 0.15) is 36.1 Å². The number of benzene rings is 1. The van der Waals surface area contributed by atoms with Crippen molar-refractivity contribution in [3.8, 4) is 0 Å². The van der Waals surface area contributed by atoms with Crippen molar-refractivity contribution in [1.82, 2.24) is 5.32 Å². The summed E-state index contributed by atoms with van der Waals surface area (Å²) in [5, 5.41) is 3.65. The van der Waals surface area contributed by atoms with Gasteiger partial charge in [-0.05, 0) is 86.6 Å². The maximum atomic E-state index is 3.68. The third-order valence-corrected chi connectivity index (χ3v) is 5.83. The molecule has 108 valence electrons. The van der Waals surface area contributed by atoms with Gasteiger partial charge in [-0.25, -0.2) is 0 Å². The second-order valence-electron chi connectivity index (χ2n) is 4.73. The highest BCUT2D eigenvalue weighted by atomic mass is 79.9. The van der Waals surface area contributed by atoms with Crippen molar-refractivity contribution >= 4 is 59.1 Å². The molecule has 5 heteroatoms. The van der Waals surface area contributed by atoms with E-state index in [0.29, 0.717) is 0 Å². The highest BCUT2D eigenvalue weighted by Gasteiger charge is 2.19. The fraction of sp³-hybridized carbons (Fsp3) is 0.333. The van der Waals surface area contributed by atoms with E-state index in [9.17, 15) is 0 Å². The summed E-state index contributed by atoms with van der Waals surface area (Å²) in [6, 6.07) is 8.98. The number of rotatable bonds is 5. The minimum absolute atomic E-state index is 0.211. The zero-order chi connectivity index (χ0) is 14.7. The maximum absolute atomic E-state index is 3.68. The fourth-order valence-electron chi connectivity index (χ4n) is 2.18. The number of nitrogens with one attached hydrogen (secondary N) is 1. The van der Waals surface area contributed by atoms with Crippen LogP contribution in [0.3, 0.4) is 0 Å². The third-order valence-electron chi connectivity index (χ3n) is 2.99. The van der Waals surface area contributed by atoms with E-state index in [1.54, 1.807) is 11.3 Å². The molecule has 0 aliphatic rings. The van der Waals surface area contributed by atoms with Gasteiger partial charge in [-0.15, -0.1) is 11.3 Å². The number of hydrogen-bond donors (Lipinski definition) is 1. The first-order valence-electron chi connectivity index (χ1n) is 6.46. The van der Waals surface area contributed by atoms with Crippen LogP contribution in [0.4, 0.5) is 0 Å². The number of hydrogen-bond acceptors (Lipinski definition) is 2. The molecule has 0 saturated carbocycles. The van der Waals surface area contributed by atoms with E-state index in [0.717, 1.165) is 21.2 Å². The van der Waals surface area contributed by atoms with Crippen molar-refractivity contribution in [2.24, 2.45) is 0 Å². The van der Waals surface area contributed by atoms with E-state index in [-0.39, 0.29) is 6.04 Å². The summed E-state index contributed by atoms with van der Waals surface area (Å²) in [6.45, 7) is 5.31. The van der Waals surface area contributed by atoms with Crippen molar-refractivity contribution in [3.63, 3.8) is 0 Å². The Balaban J connectivity index is 2.43. The number of thiophene rings is 1. The molecule has 1 heterocycles. The van der Waals surface area contributed by atoms with E-state index in [4.69, 9.17) is 0 Å². The van der Waals surface area contributed by atoms with Crippen LogP contribution in [-0.2, 0) is 0 Å². The fourth-order valence-corrected chi connectivity index (χ4v) is 5.70. The molecule has 0 aliphatic heterocycles. The van der Waals surface area contributed by atoms with Crippen molar-refractivity contribution in [3.05, 3.63) is 53.0 Å². The zero-order valence-electron chi connectivity index (χ0n) is 11.3. The first-order chi connectivity index (χ1) is 9.51. The lowest BCUT2D eigenvalue weighted by Crippen LogP contribution is -2.23. The van der Waals surface area contributed by atoms with Gasteiger partial charge in [-0.3, -0.25) is 0 Å². The summed E-state index contributed by atoms with van der Waals surface area (Å²) < 4.78 is 3.45. The van der Waals surface area contributed by atoms with Crippen LogP contribution in [0, 0.1) is 6.92 Å². The molecule has 2 rings (SSSR count). The topological polar surface area (TPSA) is 12.0 Å². The SMILES string of the molecule is CCCNC(c1cc(C)cc(Br)c1)c1cc(Br)sc1Br. The van der Waals surface area contributed by atoms with E-state index < -0.39 is 0 Å². The molecule has 0 saturated heterocycles. The monoisotopic (exact) mass is 479 g/mol. The first kappa shape index (κ1) is 16.7. The molecule has 0 amide bonds. The molecule has 2 aromatic rings. The zero-order valence-corrected chi connectivity index (χ0v) is 16.9. The van der Waals surface area contributed by atoms with E-state index >= 15 is 0 Å². The lowest BCUT2D eigenvalue weighted by molar-refractivity contribution is 0.598. The van der Waals surface area contributed by atoms with Crippen molar-refractivity contribution in [2.45, 2.75) is 26.3 Å². The number of halogens is 3. The van der Waals surface area contributed by atoms with Gasteiger partial charge in [0.05, 0.1) is 13.6 Å². The molecule has 0 aliphatic carbocycles. The predicted molar refractivity (Wildman–Crippen MR) is 98.7 cm³/mol. The van der Waals surface area contributed by atoms with Crippen LogP contribution in [0.5, 0.6) is 0 Å². The van der Waals surface area contributed by atoms with Gasteiger partial charge in [0.2, 0.25) is 0 Å². The Morgan fingerprint density at radius 1 is 1.15 bits per heavy atom. The molecular formula is C15H16Br3NS. The Bertz CT molecular complexity index is 575. The maximum Gasteiger partial charge on any atom is 0.0761 e. The Morgan fingerprint density at radius 2 is 1.90 bits per heavy atom. The average Bonchev–Trinajstić information content (AvgIpc) is 2.68. The summed E-state index contributed by atoms with van der Waals surface area (Å²) in [5.41, 5.74) is 3.84. The molecule has 1 aromatic carbocycles. The highest BCUT2D eigenvalue weighted by Crippen LogP contribution is 2.38. The average molecular weight is 482 g/mol. The third kappa shape index (κ3) is 4.17. The molecule has 20 heavy (non-hydrogen) atoms. The summed E-state index contributed by atoms with van der Waals surface area (Å²) >= 11 is 12.6.